The Balaban J connectivity index is 1.86. The summed E-state index contributed by atoms with van der Waals surface area (Å²) in [5.41, 5.74) is 6.55. The molecule has 0 N–H and O–H groups in total. The molecule has 2 aromatic carbocycles. The van der Waals surface area contributed by atoms with Crippen molar-refractivity contribution in [3.63, 3.8) is 0 Å². The van der Waals surface area contributed by atoms with Gasteiger partial charge in [-0.3, -0.25) is 0 Å². The molecule has 3 nitrogen and oxygen atoms in total. The van der Waals surface area contributed by atoms with Crippen LogP contribution in [0.2, 0.25) is 0 Å². The minimum absolute atomic E-state index is 0.378. The van der Waals surface area contributed by atoms with Crippen LogP contribution < -0.4 is 4.74 Å². The number of nitrogens with zero attached hydrogens (tertiary/aromatic N) is 2. The van der Waals surface area contributed by atoms with Gasteiger partial charge >= 0.3 is 0 Å². The van der Waals surface area contributed by atoms with Crippen molar-refractivity contribution in [1.29, 1.82) is 0 Å². The molecule has 3 heteroatoms. The van der Waals surface area contributed by atoms with Crippen LogP contribution in [0.25, 0.3) is 0 Å². The highest BCUT2D eigenvalue weighted by Gasteiger charge is 2.12. The number of ether oxygens (including phenoxy) is 1. The van der Waals surface area contributed by atoms with Crippen LogP contribution in [0.4, 0.5) is 11.4 Å². The lowest BCUT2D eigenvalue weighted by Crippen LogP contribution is -2.02. The van der Waals surface area contributed by atoms with E-state index in [-0.39, 0.29) is 0 Å². The van der Waals surface area contributed by atoms with Crippen molar-refractivity contribution in [2.45, 2.75) is 112 Å². The molecule has 0 heterocycles. The molecule has 0 saturated heterocycles. The van der Waals surface area contributed by atoms with E-state index in [0.29, 0.717) is 5.92 Å². The molecule has 0 radical (unpaired) electrons. The maximum absolute atomic E-state index is 6.23. The van der Waals surface area contributed by atoms with Gasteiger partial charge in [-0.25, -0.2) is 0 Å². The van der Waals surface area contributed by atoms with Gasteiger partial charge in [-0.1, -0.05) is 96.3 Å². The van der Waals surface area contributed by atoms with Crippen LogP contribution in [0.15, 0.2) is 40.6 Å². The van der Waals surface area contributed by atoms with Crippen LogP contribution in [0, 0.1) is 20.8 Å². The fraction of sp³-hybridized carbons (Fsp3) is 0.600. The van der Waals surface area contributed by atoms with E-state index in [4.69, 9.17) is 4.74 Å². The highest BCUT2D eigenvalue weighted by Crippen LogP contribution is 2.35. The van der Waals surface area contributed by atoms with Crippen molar-refractivity contribution in [2.24, 2.45) is 10.2 Å². The van der Waals surface area contributed by atoms with Gasteiger partial charge in [-0.2, -0.15) is 10.2 Å². The molecule has 182 valence electrons. The van der Waals surface area contributed by atoms with Gasteiger partial charge in [-0.15, -0.1) is 0 Å². The number of hydrogen-bond acceptors (Lipinski definition) is 3. The Labute approximate surface area is 203 Å². The van der Waals surface area contributed by atoms with Crippen molar-refractivity contribution in [2.75, 3.05) is 6.61 Å². The molecule has 2 rings (SSSR count). The number of aryl methyl sites for hydroxylation is 3. The van der Waals surface area contributed by atoms with Gasteiger partial charge in [0.25, 0.3) is 0 Å². The normalized spacial score (nSPS) is 11.6. The van der Waals surface area contributed by atoms with E-state index in [0.717, 1.165) is 41.3 Å². The summed E-state index contributed by atoms with van der Waals surface area (Å²) in [5.74, 6) is 1.38. The second-order valence-electron chi connectivity index (χ2n) is 9.85. The molecule has 0 aromatic heterocycles. The summed E-state index contributed by atoms with van der Waals surface area (Å²) in [6, 6.07) is 10.6. The highest BCUT2D eigenvalue weighted by atomic mass is 16.5. The van der Waals surface area contributed by atoms with Crippen molar-refractivity contribution >= 4 is 11.4 Å². The van der Waals surface area contributed by atoms with E-state index < -0.39 is 0 Å². The molecule has 0 aliphatic carbocycles. The first-order valence-corrected chi connectivity index (χ1v) is 13.2. The third-order valence-electron chi connectivity index (χ3n) is 6.32. The van der Waals surface area contributed by atoms with Gasteiger partial charge in [0, 0.05) is 0 Å². The minimum atomic E-state index is 0.378. The van der Waals surface area contributed by atoms with E-state index in [2.05, 4.69) is 76.0 Å². The van der Waals surface area contributed by atoms with E-state index in [1.54, 1.807) is 0 Å². The highest BCUT2D eigenvalue weighted by molar-refractivity contribution is 5.55. The first-order chi connectivity index (χ1) is 15.9. The molecular formula is C30H46N2O. The topological polar surface area (TPSA) is 34.0 Å². The smallest absolute Gasteiger partial charge is 0.123 e. The Morgan fingerprint density at radius 2 is 1.27 bits per heavy atom. The van der Waals surface area contributed by atoms with Crippen LogP contribution in [0.5, 0.6) is 5.75 Å². The van der Waals surface area contributed by atoms with Gasteiger partial charge < -0.3 is 4.74 Å². The second kappa shape index (κ2) is 14.9. The van der Waals surface area contributed by atoms with E-state index in [9.17, 15) is 0 Å². The second-order valence-corrected chi connectivity index (χ2v) is 9.85. The zero-order valence-electron chi connectivity index (χ0n) is 22.0. The zero-order chi connectivity index (χ0) is 24.1. The summed E-state index contributed by atoms with van der Waals surface area (Å²) < 4.78 is 6.23. The van der Waals surface area contributed by atoms with Gasteiger partial charge in [0.2, 0.25) is 0 Å². The van der Waals surface area contributed by atoms with Crippen LogP contribution >= 0.6 is 0 Å². The Bertz CT molecular complexity index is 870. The third-order valence-corrected chi connectivity index (χ3v) is 6.32. The van der Waals surface area contributed by atoms with Crippen LogP contribution in [-0.2, 0) is 0 Å². The number of rotatable bonds is 15. The third kappa shape index (κ3) is 9.70. The molecule has 2 aromatic rings. The Morgan fingerprint density at radius 3 is 1.88 bits per heavy atom. The van der Waals surface area contributed by atoms with Gasteiger partial charge in [0.1, 0.15) is 5.75 Å². The fourth-order valence-corrected chi connectivity index (χ4v) is 4.17. The molecule has 0 amide bonds. The number of unbranched alkanes of at least 4 members (excludes halogenated alkanes) is 9. The van der Waals surface area contributed by atoms with E-state index in [1.807, 2.05) is 6.07 Å². The lowest BCUT2D eigenvalue weighted by molar-refractivity contribution is 0.300. The molecule has 0 fully saturated rings. The average Bonchev–Trinajstić information content (AvgIpc) is 2.77. The number of azo groups is 1. The molecule has 0 unspecified atom stereocenters. The average molecular weight is 451 g/mol. The molecule has 0 saturated carbocycles. The summed E-state index contributed by atoms with van der Waals surface area (Å²) in [4.78, 5) is 0. The predicted molar refractivity (Wildman–Crippen MR) is 143 cm³/mol. The number of benzene rings is 2. The summed E-state index contributed by atoms with van der Waals surface area (Å²) >= 11 is 0. The monoisotopic (exact) mass is 450 g/mol. The Kier molecular flexibility index (Phi) is 12.2. The van der Waals surface area contributed by atoms with Crippen molar-refractivity contribution in [3.05, 3.63) is 52.6 Å². The summed E-state index contributed by atoms with van der Waals surface area (Å²) in [5, 5.41) is 9.11. The van der Waals surface area contributed by atoms with Crippen LogP contribution in [0.3, 0.4) is 0 Å². The number of hydrogen-bond donors (Lipinski definition) is 0. The first-order valence-electron chi connectivity index (χ1n) is 13.2. The van der Waals surface area contributed by atoms with Crippen LogP contribution in [-0.4, -0.2) is 6.61 Å². The van der Waals surface area contributed by atoms with E-state index in [1.165, 1.54) is 68.9 Å². The molecule has 0 bridgehead atoms. The molecular weight excluding hydrogens is 404 g/mol. The zero-order valence-corrected chi connectivity index (χ0v) is 22.0. The predicted octanol–water partition coefficient (Wildman–Crippen LogP) is 10.5. The maximum Gasteiger partial charge on any atom is 0.123 e. The molecule has 0 aliphatic rings. The molecule has 0 atom stereocenters. The molecule has 33 heavy (non-hydrogen) atoms. The Hall–Kier alpha value is -2.16. The van der Waals surface area contributed by atoms with Crippen molar-refractivity contribution in [1.82, 2.24) is 0 Å². The van der Waals surface area contributed by atoms with E-state index >= 15 is 0 Å². The van der Waals surface area contributed by atoms with Crippen molar-refractivity contribution in [3.8, 4) is 5.75 Å². The summed E-state index contributed by atoms with van der Waals surface area (Å²) in [6.07, 6.45) is 13.4. The van der Waals surface area contributed by atoms with Gasteiger partial charge in [0.05, 0.1) is 18.0 Å². The maximum atomic E-state index is 6.23. The SMILES string of the molecule is CCCCCCCCCCCCOc1cc(C)c(N=Nc2ccc(C)cc2C)cc1C(C)C. The lowest BCUT2D eigenvalue weighted by Gasteiger charge is -2.16. The minimum Gasteiger partial charge on any atom is -0.493 e. The summed E-state index contributed by atoms with van der Waals surface area (Å²) in [6.45, 7) is 13.8. The summed E-state index contributed by atoms with van der Waals surface area (Å²) in [7, 11) is 0. The lowest BCUT2D eigenvalue weighted by atomic mass is 9.99. The van der Waals surface area contributed by atoms with Gasteiger partial charge in [0.15, 0.2) is 0 Å². The first kappa shape index (κ1) is 27.1. The largest absolute Gasteiger partial charge is 0.493 e. The standard InChI is InChI=1S/C30H46N2O/c1-7-8-9-10-11-12-13-14-15-16-19-33-30-21-26(6)29(22-27(30)23(2)3)32-31-28-18-17-24(4)20-25(28)5/h17-18,20-23H,7-16,19H2,1-6H3. The fourth-order valence-electron chi connectivity index (χ4n) is 4.17. The van der Waals surface area contributed by atoms with Crippen molar-refractivity contribution < 1.29 is 4.74 Å². The molecule has 0 aliphatic heterocycles. The van der Waals surface area contributed by atoms with Crippen LogP contribution in [0.1, 0.15) is 113 Å². The quantitative estimate of drug-likeness (QED) is 0.196. The molecule has 0 spiro atoms. The Morgan fingerprint density at radius 1 is 0.697 bits per heavy atom. The van der Waals surface area contributed by atoms with Gasteiger partial charge in [-0.05, 0) is 68.0 Å².